The van der Waals surface area contributed by atoms with Crippen LogP contribution in [0.5, 0.6) is 0 Å². The summed E-state index contributed by atoms with van der Waals surface area (Å²) in [4.78, 5) is 2.54. The molecule has 1 aromatic rings. The minimum Gasteiger partial charge on any atom is -0.293 e. The molecule has 0 N–H and O–H groups in total. The molecule has 0 aliphatic carbocycles. The van der Waals surface area contributed by atoms with Crippen LogP contribution in [0, 0.1) is 0 Å². The highest BCUT2D eigenvalue weighted by Gasteiger charge is 2.33. The third-order valence-corrected chi connectivity index (χ3v) is 2.70. The molecule has 1 aliphatic rings. The molecule has 0 radical (unpaired) electrons. The number of hydrogen-bond acceptors (Lipinski definition) is 1. The third kappa shape index (κ3) is 2.10. The van der Waals surface area contributed by atoms with Crippen molar-refractivity contribution in [2.45, 2.75) is 25.8 Å². The molecule has 0 amide bonds. The van der Waals surface area contributed by atoms with Gasteiger partial charge >= 0.3 is 0 Å². The number of hydrogen-bond donors (Lipinski definition) is 0. The van der Waals surface area contributed by atoms with Gasteiger partial charge in [0, 0.05) is 12.6 Å². The molecule has 2 rings (SSSR count). The first-order valence-corrected chi connectivity index (χ1v) is 5.21. The molecule has 1 saturated heterocycles. The van der Waals surface area contributed by atoms with Gasteiger partial charge in [-0.25, -0.2) is 0 Å². The van der Waals surface area contributed by atoms with Gasteiger partial charge in [0.2, 0.25) is 0 Å². The van der Waals surface area contributed by atoms with Crippen LogP contribution in [-0.4, -0.2) is 18.0 Å². The molecule has 0 spiro atoms. The fourth-order valence-corrected chi connectivity index (χ4v) is 1.77. The first-order valence-electron chi connectivity index (χ1n) is 5.21. The van der Waals surface area contributed by atoms with E-state index < -0.39 is 0 Å². The van der Waals surface area contributed by atoms with Crippen molar-refractivity contribution in [3.8, 4) is 0 Å². The quantitative estimate of drug-likeness (QED) is 0.636. The van der Waals surface area contributed by atoms with Crippen molar-refractivity contribution in [3.63, 3.8) is 0 Å². The van der Waals surface area contributed by atoms with Crippen LogP contribution in [0.25, 0.3) is 0 Å². The van der Waals surface area contributed by atoms with E-state index in [2.05, 4.69) is 42.2 Å². The summed E-state index contributed by atoms with van der Waals surface area (Å²) in [5.41, 5.74) is 1.48. The van der Waals surface area contributed by atoms with Gasteiger partial charge in [-0.3, -0.25) is 4.90 Å². The van der Waals surface area contributed by atoms with E-state index in [-0.39, 0.29) is 0 Å². The molecule has 13 heavy (non-hydrogen) atoms. The van der Waals surface area contributed by atoms with E-state index >= 15 is 0 Å². The minimum absolute atomic E-state index is 0.729. The van der Waals surface area contributed by atoms with Gasteiger partial charge in [-0.15, -0.1) is 0 Å². The van der Waals surface area contributed by atoms with Gasteiger partial charge in [0.15, 0.2) is 0 Å². The van der Waals surface area contributed by atoms with Crippen molar-refractivity contribution < 1.29 is 0 Å². The smallest absolute Gasteiger partial charge is 0.0476 e. The molecule has 1 heteroatoms. The SMILES string of the molecule is CCCCN1C[C@H]1c1ccccc1. The highest BCUT2D eigenvalue weighted by molar-refractivity contribution is 5.23. The molecular formula is C12H17N. The van der Waals surface area contributed by atoms with Gasteiger partial charge in [0.1, 0.15) is 0 Å². The Kier molecular flexibility index (Phi) is 2.65. The highest BCUT2D eigenvalue weighted by Crippen LogP contribution is 2.34. The molecule has 1 aromatic carbocycles. The van der Waals surface area contributed by atoms with Crippen LogP contribution < -0.4 is 0 Å². The molecule has 2 atom stereocenters. The average molecular weight is 175 g/mol. The van der Waals surface area contributed by atoms with E-state index in [9.17, 15) is 0 Å². The standard InChI is InChI=1S/C12H17N/c1-2-3-9-13-10-12(13)11-7-5-4-6-8-11/h4-8,12H,2-3,9-10H2,1H3/t12-,13?/m0/s1. The van der Waals surface area contributed by atoms with Gasteiger partial charge in [0.25, 0.3) is 0 Å². The Bertz CT molecular complexity index is 255. The van der Waals surface area contributed by atoms with Crippen LogP contribution >= 0.6 is 0 Å². The van der Waals surface area contributed by atoms with Crippen molar-refractivity contribution in [1.29, 1.82) is 0 Å². The van der Waals surface area contributed by atoms with Crippen LogP contribution in [-0.2, 0) is 0 Å². The Labute approximate surface area is 80.4 Å². The predicted molar refractivity (Wildman–Crippen MR) is 55.7 cm³/mol. The maximum absolute atomic E-state index is 2.54. The van der Waals surface area contributed by atoms with Crippen molar-refractivity contribution in [2.24, 2.45) is 0 Å². The molecule has 0 saturated carbocycles. The summed E-state index contributed by atoms with van der Waals surface area (Å²) >= 11 is 0. The summed E-state index contributed by atoms with van der Waals surface area (Å²) in [6, 6.07) is 11.5. The Balaban J connectivity index is 1.86. The largest absolute Gasteiger partial charge is 0.293 e. The lowest BCUT2D eigenvalue weighted by Gasteiger charge is -2.01. The maximum atomic E-state index is 2.54. The van der Waals surface area contributed by atoms with E-state index in [4.69, 9.17) is 0 Å². The Morgan fingerprint density at radius 1 is 1.31 bits per heavy atom. The summed E-state index contributed by atoms with van der Waals surface area (Å²) in [5, 5.41) is 0. The summed E-state index contributed by atoms with van der Waals surface area (Å²) in [7, 11) is 0. The molecule has 1 heterocycles. The van der Waals surface area contributed by atoms with E-state index in [1.165, 1.54) is 31.5 Å². The first kappa shape index (κ1) is 8.76. The number of benzene rings is 1. The van der Waals surface area contributed by atoms with Crippen LogP contribution in [0.4, 0.5) is 0 Å². The number of nitrogens with zero attached hydrogens (tertiary/aromatic N) is 1. The van der Waals surface area contributed by atoms with Crippen molar-refractivity contribution in [1.82, 2.24) is 4.90 Å². The summed E-state index contributed by atoms with van der Waals surface area (Å²) in [5.74, 6) is 0. The average Bonchev–Trinajstić information content (AvgIpc) is 2.95. The predicted octanol–water partition coefficient (Wildman–Crippen LogP) is 2.84. The summed E-state index contributed by atoms with van der Waals surface area (Å²) in [6.45, 7) is 4.79. The Morgan fingerprint density at radius 2 is 2.08 bits per heavy atom. The molecule has 1 unspecified atom stereocenters. The fraction of sp³-hybridized carbons (Fsp3) is 0.500. The van der Waals surface area contributed by atoms with Crippen LogP contribution in [0.15, 0.2) is 30.3 Å². The Hall–Kier alpha value is -0.820. The molecule has 1 nitrogen and oxygen atoms in total. The van der Waals surface area contributed by atoms with Crippen LogP contribution in [0.1, 0.15) is 31.4 Å². The van der Waals surface area contributed by atoms with Crippen molar-refractivity contribution >= 4 is 0 Å². The summed E-state index contributed by atoms with van der Waals surface area (Å²) in [6.07, 6.45) is 2.64. The number of rotatable bonds is 4. The van der Waals surface area contributed by atoms with E-state index in [1.807, 2.05) is 0 Å². The molecule has 1 aliphatic heterocycles. The van der Waals surface area contributed by atoms with Gasteiger partial charge in [-0.05, 0) is 18.5 Å². The topological polar surface area (TPSA) is 3.01 Å². The van der Waals surface area contributed by atoms with Gasteiger partial charge in [0.05, 0.1) is 0 Å². The molecule has 0 bridgehead atoms. The minimum atomic E-state index is 0.729. The van der Waals surface area contributed by atoms with Gasteiger partial charge in [-0.1, -0.05) is 43.7 Å². The zero-order chi connectivity index (χ0) is 9.10. The second-order valence-electron chi connectivity index (χ2n) is 3.77. The van der Waals surface area contributed by atoms with E-state index in [1.54, 1.807) is 0 Å². The molecule has 0 aromatic heterocycles. The Morgan fingerprint density at radius 3 is 2.77 bits per heavy atom. The molecule has 1 fully saturated rings. The lowest BCUT2D eigenvalue weighted by molar-refractivity contribution is 0.492. The number of unbranched alkanes of at least 4 members (excludes halogenated alkanes) is 1. The summed E-state index contributed by atoms with van der Waals surface area (Å²) < 4.78 is 0. The van der Waals surface area contributed by atoms with Crippen LogP contribution in [0.2, 0.25) is 0 Å². The van der Waals surface area contributed by atoms with Gasteiger partial charge < -0.3 is 0 Å². The van der Waals surface area contributed by atoms with Gasteiger partial charge in [-0.2, -0.15) is 0 Å². The maximum Gasteiger partial charge on any atom is 0.0476 e. The first-order chi connectivity index (χ1) is 6.42. The van der Waals surface area contributed by atoms with E-state index in [0.717, 1.165) is 6.04 Å². The van der Waals surface area contributed by atoms with Crippen molar-refractivity contribution in [3.05, 3.63) is 35.9 Å². The monoisotopic (exact) mass is 175 g/mol. The second kappa shape index (κ2) is 3.93. The van der Waals surface area contributed by atoms with E-state index in [0.29, 0.717) is 0 Å². The highest BCUT2D eigenvalue weighted by atomic mass is 15.3. The molecular weight excluding hydrogens is 158 g/mol. The molecule has 70 valence electrons. The van der Waals surface area contributed by atoms with Crippen LogP contribution in [0.3, 0.4) is 0 Å². The third-order valence-electron chi connectivity index (χ3n) is 2.70. The van der Waals surface area contributed by atoms with Crippen molar-refractivity contribution in [2.75, 3.05) is 13.1 Å². The lowest BCUT2D eigenvalue weighted by Crippen LogP contribution is -1.99. The fourth-order valence-electron chi connectivity index (χ4n) is 1.77. The normalized spacial score (nSPS) is 25.9. The zero-order valence-corrected chi connectivity index (χ0v) is 8.24. The lowest BCUT2D eigenvalue weighted by atomic mass is 10.2. The second-order valence-corrected chi connectivity index (χ2v) is 3.77. The zero-order valence-electron chi connectivity index (χ0n) is 8.24.